The number of ether oxygens (including phenoxy) is 2. The number of carbonyl (C=O) groups is 1. The molecule has 0 heterocycles. The van der Waals surface area contributed by atoms with Crippen molar-refractivity contribution in [1.82, 2.24) is 0 Å². The van der Waals surface area contributed by atoms with Crippen molar-refractivity contribution in [2.45, 2.75) is 72.1 Å². The molecule has 0 aliphatic heterocycles. The summed E-state index contributed by atoms with van der Waals surface area (Å²) in [6.07, 6.45) is 1.08. The third-order valence-corrected chi connectivity index (χ3v) is 3.58. The highest BCUT2D eigenvalue weighted by molar-refractivity contribution is 5.76. The summed E-state index contributed by atoms with van der Waals surface area (Å²) in [5.41, 5.74) is 6.90. The lowest BCUT2D eigenvalue weighted by Gasteiger charge is -2.33. The van der Waals surface area contributed by atoms with Crippen LogP contribution in [-0.2, 0) is 20.7 Å². The van der Waals surface area contributed by atoms with Crippen molar-refractivity contribution in [2.24, 2.45) is 11.1 Å². The Labute approximate surface area is 146 Å². The normalized spacial score (nSPS) is 15.0. The summed E-state index contributed by atoms with van der Waals surface area (Å²) >= 11 is 0. The minimum atomic E-state index is -0.655. The minimum absolute atomic E-state index is 0.182. The first-order valence-corrected chi connectivity index (χ1v) is 8.62. The van der Waals surface area contributed by atoms with Gasteiger partial charge in [0.05, 0.1) is 12.2 Å². The third kappa shape index (κ3) is 8.46. The van der Waals surface area contributed by atoms with E-state index in [4.69, 9.17) is 15.2 Å². The molecule has 2 N–H and O–H groups in total. The Bertz CT molecular complexity index is 505. The fraction of sp³-hybridized carbons (Fsp3) is 0.650. The van der Waals surface area contributed by atoms with E-state index in [1.54, 1.807) is 0 Å². The first-order chi connectivity index (χ1) is 11.0. The number of nitrogens with two attached hydrogens (primary N) is 1. The monoisotopic (exact) mass is 335 g/mol. The van der Waals surface area contributed by atoms with Crippen molar-refractivity contribution >= 4 is 5.97 Å². The molecule has 24 heavy (non-hydrogen) atoms. The zero-order chi connectivity index (χ0) is 18.4. The molecule has 0 spiro atoms. The lowest BCUT2D eigenvalue weighted by Crippen LogP contribution is -2.38. The fourth-order valence-corrected chi connectivity index (χ4v) is 2.94. The molecule has 0 fully saturated rings. The van der Waals surface area contributed by atoms with Crippen molar-refractivity contribution in [2.75, 3.05) is 6.61 Å². The maximum absolute atomic E-state index is 12.1. The van der Waals surface area contributed by atoms with E-state index in [1.807, 2.05) is 37.3 Å². The largest absolute Gasteiger partial charge is 0.459 e. The molecule has 2 atom stereocenters. The van der Waals surface area contributed by atoms with Gasteiger partial charge in [0.2, 0.25) is 0 Å². The molecule has 0 aromatic heterocycles. The predicted octanol–water partition coefficient (Wildman–Crippen LogP) is 3.72. The molecule has 0 saturated heterocycles. The Morgan fingerprint density at radius 3 is 2.25 bits per heavy atom. The average Bonchev–Trinajstić information content (AvgIpc) is 2.44. The van der Waals surface area contributed by atoms with E-state index in [0.29, 0.717) is 13.0 Å². The van der Waals surface area contributed by atoms with E-state index in [2.05, 4.69) is 34.6 Å². The van der Waals surface area contributed by atoms with Crippen molar-refractivity contribution in [3.8, 4) is 0 Å². The second-order valence-electron chi connectivity index (χ2n) is 8.35. The van der Waals surface area contributed by atoms with Gasteiger partial charge in [-0.2, -0.15) is 0 Å². The van der Waals surface area contributed by atoms with Crippen molar-refractivity contribution in [3.05, 3.63) is 35.9 Å². The van der Waals surface area contributed by atoms with Crippen LogP contribution in [-0.4, -0.2) is 30.3 Å². The quantitative estimate of drug-likeness (QED) is 0.736. The van der Waals surface area contributed by atoms with E-state index < -0.39 is 6.04 Å². The standard InChI is InChI=1S/C20H33NO3/c1-15(13-23-20(5,6)14-19(2,3)4)24-18(22)17(21)12-16-10-8-7-9-11-16/h7-11,15,17H,12-14,21H2,1-6H3. The highest BCUT2D eigenvalue weighted by Crippen LogP contribution is 2.29. The Morgan fingerprint density at radius 1 is 1.12 bits per heavy atom. The maximum Gasteiger partial charge on any atom is 0.323 e. The summed E-state index contributed by atoms with van der Waals surface area (Å²) < 4.78 is 11.4. The van der Waals surface area contributed by atoms with Gasteiger partial charge in [0.15, 0.2) is 0 Å². The molecule has 136 valence electrons. The van der Waals surface area contributed by atoms with Crippen molar-refractivity contribution in [1.29, 1.82) is 0 Å². The summed E-state index contributed by atoms with van der Waals surface area (Å²) in [6, 6.07) is 9.05. The van der Waals surface area contributed by atoms with Crippen molar-refractivity contribution in [3.63, 3.8) is 0 Å². The summed E-state index contributed by atoms with van der Waals surface area (Å²) in [5.74, 6) is -0.386. The Morgan fingerprint density at radius 2 is 1.71 bits per heavy atom. The van der Waals surface area contributed by atoms with Gasteiger partial charge in [-0.25, -0.2) is 0 Å². The first kappa shape index (κ1) is 20.7. The van der Waals surface area contributed by atoms with Gasteiger partial charge in [-0.3, -0.25) is 4.79 Å². The highest BCUT2D eigenvalue weighted by Gasteiger charge is 2.27. The van der Waals surface area contributed by atoms with Gasteiger partial charge in [0.1, 0.15) is 12.1 Å². The minimum Gasteiger partial charge on any atom is -0.459 e. The van der Waals surface area contributed by atoms with Crippen LogP contribution in [0.5, 0.6) is 0 Å². The lowest BCUT2D eigenvalue weighted by atomic mass is 9.83. The number of benzene rings is 1. The second kappa shape index (κ2) is 8.63. The van der Waals surface area contributed by atoms with Crippen LogP contribution in [0.15, 0.2) is 30.3 Å². The molecular formula is C20H33NO3. The molecule has 0 aliphatic rings. The highest BCUT2D eigenvalue weighted by atomic mass is 16.6. The zero-order valence-electron chi connectivity index (χ0n) is 16.0. The Hall–Kier alpha value is -1.39. The Kier molecular flexibility index (Phi) is 7.43. The first-order valence-electron chi connectivity index (χ1n) is 8.62. The van der Waals surface area contributed by atoms with Crippen LogP contribution in [0.4, 0.5) is 0 Å². The molecule has 0 bridgehead atoms. The van der Waals surface area contributed by atoms with Gasteiger partial charge < -0.3 is 15.2 Å². The molecule has 2 unspecified atom stereocenters. The third-order valence-electron chi connectivity index (χ3n) is 3.58. The SMILES string of the molecule is CC(COC(C)(C)CC(C)(C)C)OC(=O)C(N)Cc1ccccc1. The number of carbonyl (C=O) groups excluding carboxylic acids is 1. The zero-order valence-corrected chi connectivity index (χ0v) is 16.0. The average molecular weight is 335 g/mol. The number of hydrogen-bond acceptors (Lipinski definition) is 4. The van der Waals surface area contributed by atoms with E-state index in [0.717, 1.165) is 12.0 Å². The van der Waals surface area contributed by atoms with Gasteiger partial charge >= 0.3 is 5.97 Å². The lowest BCUT2D eigenvalue weighted by molar-refractivity contribution is -0.157. The van der Waals surface area contributed by atoms with E-state index in [-0.39, 0.29) is 23.1 Å². The summed E-state index contributed by atoms with van der Waals surface area (Å²) in [4.78, 5) is 12.1. The molecule has 4 nitrogen and oxygen atoms in total. The Balaban J connectivity index is 2.41. The van der Waals surface area contributed by atoms with Crippen LogP contribution in [0.25, 0.3) is 0 Å². The molecule has 0 saturated carbocycles. The molecule has 0 aliphatic carbocycles. The number of esters is 1. The molecule has 0 radical (unpaired) electrons. The van der Waals surface area contributed by atoms with E-state index >= 15 is 0 Å². The molecule has 1 aromatic carbocycles. The molecule has 0 amide bonds. The van der Waals surface area contributed by atoms with Gasteiger partial charge in [0, 0.05) is 0 Å². The van der Waals surface area contributed by atoms with Gasteiger partial charge in [0.25, 0.3) is 0 Å². The maximum atomic E-state index is 12.1. The second-order valence-corrected chi connectivity index (χ2v) is 8.35. The van der Waals surface area contributed by atoms with E-state index in [9.17, 15) is 4.79 Å². The van der Waals surface area contributed by atoms with Crippen LogP contribution in [0.1, 0.15) is 53.5 Å². The molecular weight excluding hydrogens is 302 g/mol. The van der Waals surface area contributed by atoms with Crippen LogP contribution in [0.3, 0.4) is 0 Å². The van der Waals surface area contributed by atoms with Crippen LogP contribution >= 0.6 is 0 Å². The topological polar surface area (TPSA) is 61.5 Å². The number of hydrogen-bond donors (Lipinski definition) is 1. The molecule has 4 heteroatoms. The van der Waals surface area contributed by atoms with Crippen LogP contribution in [0.2, 0.25) is 0 Å². The van der Waals surface area contributed by atoms with Gasteiger partial charge in [-0.15, -0.1) is 0 Å². The molecule has 1 aromatic rings. The fourth-order valence-electron chi connectivity index (χ4n) is 2.94. The van der Waals surface area contributed by atoms with Crippen molar-refractivity contribution < 1.29 is 14.3 Å². The number of rotatable bonds is 8. The summed E-state index contributed by atoms with van der Waals surface area (Å²) in [5, 5.41) is 0. The summed E-state index contributed by atoms with van der Waals surface area (Å²) in [7, 11) is 0. The summed E-state index contributed by atoms with van der Waals surface area (Å²) in [6.45, 7) is 12.9. The smallest absolute Gasteiger partial charge is 0.323 e. The predicted molar refractivity (Wildman–Crippen MR) is 97.8 cm³/mol. The van der Waals surface area contributed by atoms with Gasteiger partial charge in [-0.1, -0.05) is 51.1 Å². The van der Waals surface area contributed by atoms with E-state index in [1.165, 1.54) is 0 Å². The van der Waals surface area contributed by atoms with Crippen LogP contribution in [0, 0.1) is 5.41 Å². The molecule has 1 rings (SSSR count). The van der Waals surface area contributed by atoms with Crippen LogP contribution < -0.4 is 5.73 Å². The van der Waals surface area contributed by atoms with Gasteiger partial charge in [-0.05, 0) is 44.6 Å².